The van der Waals surface area contributed by atoms with Crippen LogP contribution >= 0.6 is 0 Å². The van der Waals surface area contributed by atoms with E-state index in [1.807, 2.05) is 34.0 Å². The molecule has 0 saturated heterocycles. The number of hydrogen-bond acceptors (Lipinski definition) is 10. The van der Waals surface area contributed by atoms with Gasteiger partial charge in [0, 0.05) is 17.9 Å². The van der Waals surface area contributed by atoms with Gasteiger partial charge in [-0.05, 0) is 53.8 Å². The zero-order valence-corrected chi connectivity index (χ0v) is 17.2. The van der Waals surface area contributed by atoms with Crippen LogP contribution in [0.5, 0.6) is 12.0 Å². The standard InChI is InChI=1S/C18H27N7O3/c1-11-10-12(2)21-16(20-11)19-9-7-8-14(25(4)5)15(26)28-18-23-13(3)22-17(24-18)27-6/h10,14H,7-9H2,1-6H3,(H,19,20,21). The molecule has 0 saturated carbocycles. The number of nitrogens with zero attached hydrogens (tertiary/aromatic N) is 6. The van der Waals surface area contributed by atoms with Crippen LogP contribution in [0, 0.1) is 20.8 Å². The van der Waals surface area contributed by atoms with E-state index in [0.717, 1.165) is 17.8 Å². The third-order valence-corrected chi connectivity index (χ3v) is 3.90. The number of hydrogen-bond donors (Lipinski definition) is 1. The van der Waals surface area contributed by atoms with Gasteiger partial charge in [-0.25, -0.2) is 14.8 Å². The first-order valence-corrected chi connectivity index (χ1v) is 8.99. The molecule has 28 heavy (non-hydrogen) atoms. The molecule has 2 rings (SSSR count). The first-order valence-electron chi connectivity index (χ1n) is 8.99. The lowest BCUT2D eigenvalue weighted by Gasteiger charge is -2.22. The highest BCUT2D eigenvalue weighted by molar-refractivity contribution is 5.77. The normalized spacial score (nSPS) is 12.0. The number of aromatic nitrogens is 5. The smallest absolute Gasteiger partial charge is 0.331 e. The Morgan fingerprint density at radius 2 is 1.71 bits per heavy atom. The number of methoxy groups -OCH3 is 1. The van der Waals surface area contributed by atoms with Crippen molar-refractivity contribution < 1.29 is 14.3 Å². The molecule has 0 spiro atoms. The molecule has 10 nitrogen and oxygen atoms in total. The fourth-order valence-electron chi connectivity index (χ4n) is 2.62. The molecular weight excluding hydrogens is 362 g/mol. The van der Waals surface area contributed by atoms with E-state index < -0.39 is 12.0 Å². The number of ether oxygens (including phenoxy) is 2. The van der Waals surface area contributed by atoms with Gasteiger partial charge in [0.25, 0.3) is 0 Å². The van der Waals surface area contributed by atoms with Crippen LogP contribution in [0.25, 0.3) is 0 Å². The summed E-state index contributed by atoms with van der Waals surface area (Å²) in [5.41, 5.74) is 1.82. The molecular formula is C18H27N7O3. The van der Waals surface area contributed by atoms with Gasteiger partial charge >= 0.3 is 18.0 Å². The molecule has 10 heteroatoms. The maximum atomic E-state index is 12.6. The van der Waals surface area contributed by atoms with Gasteiger partial charge < -0.3 is 14.8 Å². The SMILES string of the molecule is COc1nc(C)nc(OC(=O)C(CCCNc2nc(C)cc(C)n2)N(C)C)n1. The molecule has 0 radical (unpaired) electrons. The van der Waals surface area contributed by atoms with Gasteiger partial charge in [-0.15, -0.1) is 4.98 Å². The van der Waals surface area contributed by atoms with Crippen molar-refractivity contribution in [3.8, 4) is 12.0 Å². The van der Waals surface area contributed by atoms with Crippen molar-refractivity contribution in [3.05, 3.63) is 23.3 Å². The zero-order valence-electron chi connectivity index (χ0n) is 17.2. The summed E-state index contributed by atoms with van der Waals surface area (Å²) in [5, 5.41) is 3.19. The molecule has 0 aromatic carbocycles. The van der Waals surface area contributed by atoms with Crippen molar-refractivity contribution >= 4 is 11.9 Å². The van der Waals surface area contributed by atoms with Crippen LogP contribution < -0.4 is 14.8 Å². The van der Waals surface area contributed by atoms with E-state index in [-0.39, 0.29) is 12.0 Å². The summed E-state index contributed by atoms with van der Waals surface area (Å²) in [6.07, 6.45) is 1.32. The number of esters is 1. The van der Waals surface area contributed by atoms with Gasteiger partial charge in [-0.3, -0.25) is 4.90 Å². The molecule has 1 unspecified atom stereocenters. The Hall–Kier alpha value is -2.88. The van der Waals surface area contributed by atoms with Crippen LogP contribution in [-0.4, -0.2) is 69.6 Å². The lowest BCUT2D eigenvalue weighted by molar-refractivity contribution is -0.140. The molecule has 0 amide bonds. The van der Waals surface area contributed by atoms with E-state index in [9.17, 15) is 4.79 Å². The third-order valence-electron chi connectivity index (χ3n) is 3.90. The van der Waals surface area contributed by atoms with Gasteiger partial charge in [0.1, 0.15) is 11.9 Å². The van der Waals surface area contributed by atoms with Crippen LogP contribution in [-0.2, 0) is 4.79 Å². The van der Waals surface area contributed by atoms with Crippen molar-refractivity contribution in [3.63, 3.8) is 0 Å². The molecule has 152 valence electrons. The van der Waals surface area contributed by atoms with E-state index in [4.69, 9.17) is 9.47 Å². The Morgan fingerprint density at radius 3 is 2.32 bits per heavy atom. The molecule has 1 atom stereocenters. The second-order valence-corrected chi connectivity index (χ2v) is 6.60. The van der Waals surface area contributed by atoms with Gasteiger partial charge in [0.2, 0.25) is 5.95 Å². The highest BCUT2D eigenvalue weighted by atomic mass is 16.6. The first kappa shape index (κ1) is 21.4. The number of aryl methyl sites for hydroxylation is 3. The van der Waals surface area contributed by atoms with Crippen molar-refractivity contribution in [1.29, 1.82) is 0 Å². The van der Waals surface area contributed by atoms with Crippen LogP contribution in [0.2, 0.25) is 0 Å². The second-order valence-electron chi connectivity index (χ2n) is 6.60. The molecule has 0 aliphatic heterocycles. The summed E-state index contributed by atoms with van der Waals surface area (Å²) in [6, 6.07) is 1.52. The molecule has 0 aliphatic carbocycles. The Balaban J connectivity index is 1.91. The van der Waals surface area contributed by atoms with Gasteiger partial charge in [-0.1, -0.05) is 0 Å². The Bertz CT molecular complexity index is 794. The van der Waals surface area contributed by atoms with E-state index in [1.54, 1.807) is 11.8 Å². The number of nitrogens with one attached hydrogen (secondary N) is 1. The zero-order chi connectivity index (χ0) is 20.7. The van der Waals surface area contributed by atoms with Gasteiger partial charge in [0.15, 0.2) is 0 Å². The average Bonchev–Trinajstić information content (AvgIpc) is 2.59. The van der Waals surface area contributed by atoms with E-state index in [2.05, 4.69) is 30.2 Å². The topological polar surface area (TPSA) is 115 Å². The molecule has 2 aromatic rings. The van der Waals surface area contributed by atoms with E-state index >= 15 is 0 Å². The number of likely N-dealkylation sites (N-methyl/N-ethyl adjacent to an activating group) is 1. The maximum absolute atomic E-state index is 12.6. The molecule has 0 aliphatic rings. The minimum Gasteiger partial charge on any atom is -0.467 e. The average molecular weight is 389 g/mol. The van der Waals surface area contributed by atoms with Crippen LogP contribution in [0.4, 0.5) is 5.95 Å². The highest BCUT2D eigenvalue weighted by Crippen LogP contribution is 2.13. The van der Waals surface area contributed by atoms with Gasteiger partial charge in [0.05, 0.1) is 7.11 Å². The minimum absolute atomic E-state index is 0.0667. The predicted octanol–water partition coefficient (Wildman–Crippen LogP) is 1.32. The third kappa shape index (κ3) is 6.38. The first-order chi connectivity index (χ1) is 13.3. The summed E-state index contributed by atoms with van der Waals surface area (Å²) < 4.78 is 10.3. The van der Waals surface area contributed by atoms with E-state index in [0.29, 0.717) is 24.7 Å². The monoisotopic (exact) mass is 389 g/mol. The quantitative estimate of drug-likeness (QED) is 0.497. The fraction of sp³-hybridized carbons (Fsp3) is 0.556. The van der Waals surface area contributed by atoms with Crippen LogP contribution in [0.15, 0.2) is 6.07 Å². The van der Waals surface area contributed by atoms with Crippen molar-refractivity contribution in [2.75, 3.05) is 33.1 Å². The summed E-state index contributed by atoms with van der Waals surface area (Å²) in [5.74, 6) is 0.572. The number of carbonyl (C=O) groups is 1. The molecule has 0 bridgehead atoms. The summed E-state index contributed by atoms with van der Waals surface area (Å²) in [4.78, 5) is 35.0. The molecule has 1 N–H and O–H groups in total. The summed E-state index contributed by atoms with van der Waals surface area (Å²) in [7, 11) is 5.09. The lowest BCUT2D eigenvalue weighted by Crippen LogP contribution is -2.39. The Kier molecular flexibility index (Phi) is 7.56. The molecule has 0 fully saturated rings. The van der Waals surface area contributed by atoms with Crippen molar-refractivity contribution in [1.82, 2.24) is 29.8 Å². The van der Waals surface area contributed by atoms with Crippen LogP contribution in [0.3, 0.4) is 0 Å². The summed E-state index contributed by atoms with van der Waals surface area (Å²) in [6.45, 7) is 6.16. The molecule has 2 aromatic heterocycles. The van der Waals surface area contributed by atoms with Gasteiger partial charge in [-0.2, -0.15) is 9.97 Å². The van der Waals surface area contributed by atoms with Crippen molar-refractivity contribution in [2.45, 2.75) is 39.7 Å². The Morgan fingerprint density at radius 1 is 1.07 bits per heavy atom. The lowest BCUT2D eigenvalue weighted by atomic mass is 10.1. The number of carbonyl (C=O) groups excluding carboxylic acids is 1. The summed E-state index contributed by atoms with van der Waals surface area (Å²) >= 11 is 0. The number of anilines is 1. The second kappa shape index (κ2) is 9.88. The van der Waals surface area contributed by atoms with Crippen molar-refractivity contribution in [2.24, 2.45) is 0 Å². The highest BCUT2D eigenvalue weighted by Gasteiger charge is 2.24. The fourth-order valence-corrected chi connectivity index (χ4v) is 2.62. The van der Waals surface area contributed by atoms with E-state index in [1.165, 1.54) is 7.11 Å². The Labute approximate surface area is 164 Å². The number of rotatable bonds is 9. The molecule has 2 heterocycles. The minimum atomic E-state index is -0.440. The largest absolute Gasteiger partial charge is 0.467 e. The maximum Gasteiger partial charge on any atom is 0.331 e. The van der Waals surface area contributed by atoms with Crippen LogP contribution in [0.1, 0.15) is 30.1 Å². The predicted molar refractivity (Wildman–Crippen MR) is 103 cm³/mol.